The molecule has 28 heavy (non-hydrogen) atoms. The molecule has 2 atom stereocenters. The maximum atomic E-state index is 13.1. The van der Waals surface area contributed by atoms with Crippen LogP contribution in [-0.4, -0.2) is 45.9 Å². The Labute approximate surface area is 178 Å². The smallest absolute Gasteiger partial charge is 0.179 e. The van der Waals surface area contributed by atoms with Crippen LogP contribution in [0.25, 0.3) is 0 Å². The number of carbonyl (C=O) groups is 1. The zero-order valence-corrected chi connectivity index (χ0v) is 19.6. The molecule has 1 aliphatic carbocycles. The van der Waals surface area contributed by atoms with E-state index in [0.29, 0.717) is 28.8 Å². The third kappa shape index (κ3) is 4.75. The number of methoxy groups -OCH3 is 2. The first kappa shape index (κ1) is 22.8. The summed E-state index contributed by atoms with van der Waals surface area (Å²) in [5, 5.41) is 0. The predicted molar refractivity (Wildman–Crippen MR) is 117 cm³/mol. The summed E-state index contributed by atoms with van der Waals surface area (Å²) in [5.74, 6) is 1.27. The molecule has 154 valence electrons. The lowest BCUT2D eigenvalue weighted by Gasteiger charge is -2.42. The number of hydrogen-bond acceptors (Lipinski definition) is 4. The van der Waals surface area contributed by atoms with E-state index in [-0.39, 0.29) is 5.78 Å². The van der Waals surface area contributed by atoms with Crippen LogP contribution < -0.4 is 9.47 Å². The summed E-state index contributed by atoms with van der Waals surface area (Å²) in [5.41, 5.74) is 0.400. The molecule has 0 aromatic heterocycles. The predicted octanol–water partition coefficient (Wildman–Crippen LogP) is 4.19. The molecule has 0 heterocycles. The summed E-state index contributed by atoms with van der Waals surface area (Å²) in [6.07, 6.45) is 6.31. The molecule has 0 saturated heterocycles. The van der Waals surface area contributed by atoms with E-state index < -0.39 is 21.3 Å². The number of likely N-dealkylation sites (N-methyl/N-ethyl adjacent to an activating group) is 1. The number of nitrogens with zero attached hydrogens (tertiary/aromatic N) is 1. The van der Waals surface area contributed by atoms with Gasteiger partial charge >= 0.3 is 0 Å². The molecule has 0 fully saturated rings. The molecule has 7 heteroatoms. The molecule has 0 spiro atoms. The van der Waals surface area contributed by atoms with E-state index in [9.17, 15) is 9.00 Å². The molecule has 1 aromatic carbocycles. The van der Waals surface area contributed by atoms with E-state index >= 15 is 0 Å². The van der Waals surface area contributed by atoms with Crippen molar-refractivity contribution >= 4 is 32.7 Å². The first-order chi connectivity index (χ1) is 13.0. The Morgan fingerprint density at radius 3 is 2.36 bits per heavy atom. The van der Waals surface area contributed by atoms with E-state index in [1.165, 1.54) is 0 Å². The Bertz CT molecular complexity index is 828. The van der Waals surface area contributed by atoms with Gasteiger partial charge in [-0.3, -0.25) is 4.79 Å². The van der Waals surface area contributed by atoms with Crippen molar-refractivity contribution in [3.8, 4) is 11.5 Å². The number of ether oxygens (including phenoxy) is 2. The first-order valence-electron chi connectivity index (χ1n) is 9.03. The molecule has 2 rings (SSSR count). The average molecular weight is 470 g/mol. The van der Waals surface area contributed by atoms with Crippen LogP contribution in [0.2, 0.25) is 0 Å². The van der Waals surface area contributed by atoms with E-state index in [1.54, 1.807) is 26.4 Å². The van der Waals surface area contributed by atoms with Crippen molar-refractivity contribution < 1.29 is 18.5 Å². The Kier molecular flexibility index (Phi) is 7.28. The zero-order chi connectivity index (χ0) is 21.1. The quantitative estimate of drug-likeness (QED) is 0.600. The topological polar surface area (TPSA) is 55.8 Å². The van der Waals surface area contributed by atoms with E-state index in [1.807, 2.05) is 56.4 Å². The summed E-state index contributed by atoms with van der Waals surface area (Å²) in [6.45, 7) is 5.82. The number of rotatable bonds is 7. The van der Waals surface area contributed by atoms with Gasteiger partial charge in [-0.15, -0.1) is 0 Å². The van der Waals surface area contributed by atoms with E-state index in [2.05, 4.69) is 15.9 Å². The van der Waals surface area contributed by atoms with E-state index in [4.69, 9.17) is 9.47 Å². The van der Waals surface area contributed by atoms with Crippen molar-refractivity contribution in [2.24, 2.45) is 0 Å². The maximum Gasteiger partial charge on any atom is 0.179 e. The third-order valence-electron chi connectivity index (χ3n) is 4.78. The lowest BCUT2D eigenvalue weighted by atomic mass is 9.87. The van der Waals surface area contributed by atoms with Gasteiger partial charge < -0.3 is 9.47 Å². The van der Waals surface area contributed by atoms with Crippen LogP contribution in [0.1, 0.15) is 32.8 Å². The molecule has 5 nitrogen and oxygen atoms in total. The fraction of sp³-hybridized carbons (Fsp3) is 0.476. The molecule has 1 aliphatic rings. The molecule has 1 aromatic rings. The summed E-state index contributed by atoms with van der Waals surface area (Å²) >= 11 is 3.58. The van der Waals surface area contributed by atoms with Gasteiger partial charge in [0, 0.05) is 11.5 Å². The summed E-state index contributed by atoms with van der Waals surface area (Å²) in [7, 11) is 3.79. The minimum Gasteiger partial charge on any atom is -0.493 e. The Balaban J connectivity index is 2.37. The molecular formula is C21H28BrNO4S. The fourth-order valence-corrected chi connectivity index (χ4v) is 5.45. The number of carbonyl (C=O) groups excluding carboxylic acids is 1. The normalized spacial score (nSPS) is 20.9. The summed E-state index contributed by atoms with van der Waals surface area (Å²) < 4.78 is 26.0. The number of benzene rings is 1. The van der Waals surface area contributed by atoms with Gasteiger partial charge in [-0.25, -0.2) is 8.51 Å². The SMILES string of the molecule is COc1ccc(CC[C@@]2(N(C)[S@](=O)C(C)(C)C)C=CC(=O)C=C2Br)cc1OC. The van der Waals surface area contributed by atoms with Crippen LogP contribution in [0, 0.1) is 0 Å². The molecule has 0 bridgehead atoms. The van der Waals surface area contributed by atoms with Crippen LogP contribution >= 0.6 is 15.9 Å². The average Bonchev–Trinajstić information content (AvgIpc) is 2.65. The van der Waals surface area contributed by atoms with Crippen molar-refractivity contribution in [2.75, 3.05) is 21.3 Å². The van der Waals surface area contributed by atoms with Gasteiger partial charge in [0.1, 0.15) is 11.0 Å². The molecule has 0 radical (unpaired) electrons. The Morgan fingerprint density at radius 1 is 1.18 bits per heavy atom. The molecule has 0 aliphatic heterocycles. The second-order valence-corrected chi connectivity index (χ2v) is 10.8. The number of allylic oxidation sites excluding steroid dienone is 2. The van der Waals surface area contributed by atoms with Gasteiger partial charge in [-0.05, 0) is 63.5 Å². The van der Waals surface area contributed by atoms with Gasteiger partial charge in [0.2, 0.25) is 0 Å². The second-order valence-electron chi connectivity index (χ2n) is 7.70. The van der Waals surface area contributed by atoms with Crippen LogP contribution in [0.4, 0.5) is 0 Å². The lowest BCUT2D eigenvalue weighted by Crippen LogP contribution is -2.51. The maximum absolute atomic E-state index is 13.1. The van der Waals surface area contributed by atoms with Crippen molar-refractivity contribution in [1.29, 1.82) is 0 Å². The third-order valence-corrected chi connectivity index (χ3v) is 7.57. The first-order valence-corrected chi connectivity index (χ1v) is 10.9. The molecule has 0 unspecified atom stereocenters. The monoisotopic (exact) mass is 469 g/mol. The highest BCUT2D eigenvalue weighted by molar-refractivity contribution is 9.11. The van der Waals surface area contributed by atoms with Crippen molar-refractivity contribution in [3.05, 3.63) is 46.5 Å². The summed E-state index contributed by atoms with van der Waals surface area (Å²) in [4.78, 5) is 11.9. The number of halogens is 1. The van der Waals surface area contributed by atoms with E-state index in [0.717, 1.165) is 5.56 Å². The van der Waals surface area contributed by atoms with Gasteiger partial charge in [-0.1, -0.05) is 28.1 Å². The number of hydrogen-bond donors (Lipinski definition) is 0. The fourth-order valence-electron chi connectivity index (χ4n) is 3.14. The van der Waals surface area contributed by atoms with Gasteiger partial charge in [0.05, 0.1) is 24.5 Å². The zero-order valence-electron chi connectivity index (χ0n) is 17.2. The van der Waals surface area contributed by atoms with Crippen LogP contribution in [0.5, 0.6) is 11.5 Å². The Morgan fingerprint density at radius 2 is 1.82 bits per heavy atom. The highest BCUT2D eigenvalue weighted by atomic mass is 79.9. The van der Waals surface area contributed by atoms with Gasteiger partial charge in [0.25, 0.3) is 0 Å². The minimum absolute atomic E-state index is 0.0800. The van der Waals surface area contributed by atoms with Crippen LogP contribution in [0.3, 0.4) is 0 Å². The molecule has 0 saturated carbocycles. The highest BCUT2D eigenvalue weighted by Gasteiger charge is 2.42. The Hall–Kier alpha value is -1.44. The highest BCUT2D eigenvalue weighted by Crippen LogP contribution is 2.40. The largest absolute Gasteiger partial charge is 0.493 e. The lowest BCUT2D eigenvalue weighted by molar-refractivity contribution is -0.110. The number of ketones is 1. The van der Waals surface area contributed by atoms with Crippen LogP contribution in [0.15, 0.2) is 40.9 Å². The van der Waals surface area contributed by atoms with Crippen molar-refractivity contribution in [2.45, 2.75) is 43.9 Å². The minimum atomic E-state index is -1.26. The molecule has 0 N–H and O–H groups in total. The van der Waals surface area contributed by atoms with Gasteiger partial charge in [0.15, 0.2) is 17.3 Å². The van der Waals surface area contributed by atoms with Crippen molar-refractivity contribution in [1.82, 2.24) is 4.31 Å². The van der Waals surface area contributed by atoms with Crippen LogP contribution in [-0.2, 0) is 22.2 Å². The van der Waals surface area contributed by atoms with Gasteiger partial charge in [-0.2, -0.15) is 0 Å². The second kappa shape index (κ2) is 8.93. The standard InChI is InChI=1S/C21H28BrNO4S/c1-20(2,3)28(25)23(4)21(12-10-16(24)14-19(21)22)11-9-15-7-8-17(26-5)18(13-15)27-6/h7-8,10,12-14H,9,11H2,1-6H3/t21-,28-/m1/s1. The number of aryl methyl sites for hydroxylation is 1. The molecular weight excluding hydrogens is 442 g/mol. The summed E-state index contributed by atoms with van der Waals surface area (Å²) in [6, 6.07) is 5.82. The molecule has 0 amide bonds. The van der Waals surface area contributed by atoms with Crippen molar-refractivity contribution in [3.63, 3.8) is 0 Å².